The Balaban J connectivity index is 1.70. The van der Waals surface area contributed by atoms with Crippen LogP contribution in [0.25, 0.3) is 0 Å². The first-order valence-corrected chi connectivity index (χ1v) is 7.79. The van der Waals surface area contributed by atoms with Gasteiger partial charge in [0.2, 0.25) is 0 Å². The number of benzene rings is 1. The van der Waals surface area contributed by atoms with E-state index >= 15 is 0 Å². The minimum atomic E-state index is -0.397. The molecule has 0 bridgehead atoms. The Morgan fingerprint density at radius 1 is 1.21 bits per heavy atom. The van der Waals surface area contributed by atoms with E-state index in [1.807, 2.05) is 0 Å². The fraction of sp³-hybridized carbons (Fsp3) is 0.286. The topological polar surface area (TPSA) is 12.0 Å². The molecule has 0 amide bonds. The van der Waals surface area contributed by atoms with E-state index in [1.165, 1.54) is 33.6 Å². The second-order valence-corrected chi connectivity index (χ2v) is 6.62. The summed E-state index contributed by atoms with van der Waals surface area (Å²) in [5.74, 6) is -0.0451. The van der Waals surface area contributed by atoms with E-state index in [0.29, 0.717) is 10.6 Å². The normalized spacial score (nSPS) is 10.9. The van der Waals surface area contributed by atoms with Crippen LogP contribution in [0, 0.1) is 18.6 Å². The summed E-state index contributed by atoms with van der Waals surface area (Å²) < 4.78 is 26.3. The molecule has 0 atom stereocenters. The zero-order chi connectivity index (χ0) is 13.7. The van der Waals surface area contributed by atoms with Gasteiger partial charge in [-0.15, -0.1) is 23.1 Å². The Hall–Kier alpha value is -0.910. The van der Waals surface area contributed by atoms with Crippen LogP contribution in [0.1, 0.15) is 9.75 Å². The van der Waals surface area contributed by atoms with Gasteiger partial charge < -0.3 is 5.32 Å². The van der Waals surface area contributed by atoms with E-state index in [4.69, 9.17) is 0 Å². The summed E-state index contributed by atoms with van der Waals surface area (Å²) in [5.41, 5.74) is 0. The SMILES string of the molecule is Cc1ccc(CNCCSc2cc(F)ccc2F)s1. The number of thiophene rings is 1. The van der Waals surface area contributed by atoms with Crippen LogP contribution < -0.4 is 5.32 Å². The van der Waals surface area contributed by atoms with Crippen LogP contribution in [0.2, 0.25) is 0 Å². The summed E-state index contributed by atoms with van der Waals surface area (Å²) in [5, 5.41) is 3.29. The van der Waals surface area contributed by atoms with Gasteiger partial charge in [-0.2, -0.15) is 0 Å². The number of halogens is 2. The minimum Gasteiger partial charge on any atom is -0.311 e. The largest absolute Gasteiger partial charge is 0.311 e. The van der Waals surface area contributed by atoms with Crippen LogP contribution in [0.5, 0.6) is 0 Å². The van der Waals surface area contributed by atoms with Crippen molar-refractivity contribution in [3.05, 3.63) is 51.7 Å². The van der Waals surface area contributed by atoms with E-state index in [-0.39, 0.29) is 5.82 Å². The number of hydrogen-bond acceptors (Lipinski definition) is 3. The molecule has 0 spiro atoms. The van der Waals surface area contributed by atoms with Crippen molar-refractivity contribution in [2.75, 3.05) is 12.3 Å². The number of rotatable bonds is 6. The molecule has 0 aliphatic carbocycles. The molecule has 1 N–H and O–H groups in total. The number of thioether (sulfide) groups is 1. The second kappa shape index (κ2) is 7.03. The first kappa shape index (κ1) is 14.5. The molecule has 0 unspecified atom stereocenters. The fourth-order valence-electron chi connectivity index (χ4n) is 1.61. The molecule has 0 saturated carbocycles. The Bertz CT molecular complexity index is 540. The summed E-state index contributed by atoms with van der Waals surface area (Å²) >= 11 is 3.10. The van der Waals surface area contributed by atoms with Crippen LogP contribution in [-0.2, 0) is 6.54 Å². The van der Waals surface area contributed by atoms with Crippen LogP contribution in [0.15, 0.2) is 35.2 Å². The highest BCUT2D eigenvalue weighted by molar-refractivity contribution is 7.99. The van der Waals surface area contributed by atoms with E-state index in [0.717, 1.165) is 19.2 Å². The predicted molar refractivity (Wildman–Crippen MR) is 77.8 cm³/mol. The van der Waals surface area contributed by atoms with E-state index < -0.39 is 5.82 Å². The Morgan fingerprint density at radius 2 is 2.05 bits per heavy atom. The monoisotopic (exact) mass is 299 g/mol. The first-order chi connectivity index (χ1) is 9.15. The molecule has 0 fully saturated rings. The highest BCUT2D eigenvalue weighted by Gasteiger charge is 2.04. The van der Waals surface area contributed by atoms with Crippen LogP contribution in [0.4, 0.5) is 8.78 Å². The zero-order valence-corrected chi connectivity index (χ0v) is 12.2. The molecule has 1 aromatic carbocycles. The summed E-state index contributed by atoms with van der Waals surface area (Å²) in [6.07, 6.45) is 0. The molecule has 0 aliphatic heterocycles. The lowest BCUT2D eigenvalue weighted by Crippen LogP contribution is -2.15. The fourth-order valence-corrected chi connectivity index (χ4v) is 3.34. The summed E-state index contributed by atoms with van der Waals surface area (Å²) in [7, 11) is 0. The van der Waals surface area contributed by atoms with Crippen molar-refractivity contribution in [3.63, 3.8) is 0 Å². The number of nitrogens with one attached hydrogen (secondary N) is 1. The maximum atomic E-state index is 13.3. The van der Waals surface area contributed by atoms with Gasteiger partial charge in [0.05, 0.1) is 0 Å². The van der Waals surface area contributed by atoms with Crippen molar-refractivity contribution in [1.82, 2.24) is 5.32 Å². The van der Waals surface area contributed by atoms with Gasteiger partial charge in [-0.1, -0.05) is 0 Å². The van der Waals surface area contributed by atoms with Gasteiger partial charge in [-0.3, -0.25) is 0 Å². The first-order valence-electron chi connectivity index (χ1n) is 5.99. The third-order valence-corrected chi connectivity index (χ3v) is 4.56. The third-order valence-electron chi connectivity index (χ3n) is 2.52. The average Bonchev–Trinajstić information content (AvgIpc) is 2.79. The van der Waals surface area contributed by atoms with E-state index in [1.54, 1.807) is 11.3 Å². The summed E-state index contributed by atoms with van der Waals surface area (Å²) in [4.78, 5) is 2.96. The zero-order valence-electron chi connectivity index (χ0n) is 10.6. The molecule has 0 aliphatic rings. The van der Waals surface area contributed by atoms with Crippen molar-refractivity contribution in [1.29, 1.82) is 0 Å². The lowest BCUT2D eigenvalue weighted by atomic mass is 10.3. The molecule has 1 aromatic heterocycles. The highest BCUT2D eigenvalue weighted by atomic mass is 32.2. The number of hydrogen-bond donors (Lipinski definition) is 1. The predicted octanol–water partition coefficient (Wildman–Crippen LogP) is 4.22. The average molecular weight is 299 g/mol. The highest BCUT2D eigenvalue weighted by Crippen LogP contribution is 2.22. The molecule has 19 heavy (non-hydrogen) atoms. The molecule has 5 heteroatoms. The van der Waals surface area contributed by atoms with Gasteiger partial charge in [0.15, 0.2) is 0 Å². The standard InChI is InChI=1S/C14H15F2NS2/c1-10-2-4-12(19-10)9-17-6-7-18-14-8-11(15)3-5-13(14)16/h2-5,8,17H,6-7,9H2,1H3. The second-order valence-electron chi connectivity index (χ2n) is 4.11. The van der Waals surface area contributed by atoms with Crippen molar-refractivity contribution < 1.29 is 8.78 Å². The van der Waals surface area contributed by atoms with Crippen LogP contribution in [0.3, 0.4) is 0 Å². The molecule has 1 nitrogen and oxygen atoms in total. The van der Waals surface area contributed by atoms with E-state index in [2.05, 4.69) is 24.4 Å². The van der Waals surface area contributed by atoms with Gasteiger partial charge in [0.25, 0.3) is 0 Å². The molecule has 0 radical (unpaired) electrons. The Morgan fingerprint density at radius 3 is 2.79 bits per heavy atom. The Kier molecular flexibility index (Phi) is 5.36. The van der Waals surface area contributed by atoms with Crippen LogP contribution >= 0.6 is 23.1 Å². The minimum absolute atomic E-state index is 0.361. The van der Waals surface area contributed by atoms with Crippen molar-refractivity contribution in [3.8, 4) is 0 Å². The van der Waals surface area contributed by atoms with E-state index in [9.17, 15) is 8.78 Å². The lowest BCUT2D eigenvalue weighted by molar-refractivity contribution is 0.577. The van der Waals surface area contributed by atoms with Crippen molar-refractivity contribution >= 4 is 23.1 Å². The van der Waals surface area contributed by atoms with Crippen molar-refractivity contribution in [2.45, 2.75) is 18.4 Å². The van der Waals surface area contributed by atoms with Crippen molar-refractivity contribution in [2.24, 2.45) is 0 Å². The third kappa shape index (κ3) is 4.60. The Labute approximate surface area is 120 Å². The molecule has 2 aromatic rings. The van der Waals surface area contributed by atoms with Gasteiger partial charge >= 0.3 is 0 Å². The molecule has 102 valence electrons. The summed E-state index contributed by atoms with van der Waals surface area (Å²) in [6, 6.07) is 7.74. The molecular formula is C14H15F2NS2. The maximum Gasteiger partial charge on any atom is 0.136 e. The van der Waals surface area contributed by atoms with Gasteiger partial charge in [-0.25, -0.2) is 8.78 Å². The van der Waals surface area contributed by atoms with Gasteiger partial charge in [0, 0.05) is 33.5 Å². The molecule has 1 heterocycles. The molecule has 0 saturated heterocycles. The quantitative estimate of drug-likeness (QED) is 0.633. The smallest absolute Gasteiger partial charge is 0.136 e. The molecular weight excluding hydrogens is 284 g/mol. The van der Waals surface area contributed by atoms with Gasteiger partial charge in [0.1, 0.15) is 11.6 Å². The van der Waals surface area contributed by atoms with Gasteiger partial charge in [-0.05, 0) is 37.3 Å². The lowest BCUT2D eigenvalue weighted by Gasteiger charge is -2.04. The summed E-state index contributed by atoms with van der Waals surface area (Å²) in [6.45, 7) is 3.67. The number of aryl methyl sites for hydroxylation is 1. The molecule has 2 rings (SSSR count). The van der Waals surface area contributed by atoms with Crippen LogP contribution in [-0.4, -0.2) is 12.3 Å². The maximum absolute atomic E-state index is 13.3.